The molecule has 1 saturated heterocycles. The van der Waals surface area contributed by atoms with Gasteiger partial charge >= 0.3 is 6.36 Å². The van der Waals surface area contributed by atoms with Crippen molar-refractivity contribution in [3.05, 3.63) is 29.8 Å². The lowest BCUT2D eigenvalue weighted by Crippen LogP contribution is -2.36. The van der Waals surface area contributed by atoms with Crippen LogP contribution in [0.3, 0.4) is 0 Å². The number of halogens is 3. The van der Waals surface area contributed by atoms with Gasteiger partial charge < -0.3 is 15.8 Å². The molecule has 0 amide bonds. The second kappa shape index (κ2) is 8.94. The first kappa shape index (κ1) is 19.4. The predicted octanol–water partition coefficient (Wildman–Crippen LogP) is 2.52. The lowest BCUT2D eigenvalue weighted by atomic mass is 10.1. The van der Waals surface area contributed by atoms with Crippen LogP contribution < -0.4 is 15.8 Å². The first-order valence-electron chi connectivity index (χ1n) is 8.50. The van der Waals surface area contributed by atoms with Crippen molar-refractivity contribution in [3.63, 3.8) is 0 Å². The third-order valence-corrected chi connectivity index (χ3v) is 4.25. The monoisotopic (exact) mass is 358 g/mol. The predicted molar refractivity (Wildman–Crippen MR) is 91.6 cm³/mol. The largest absolute Gasteiger partial charge is 0.573 e. The zero-order valence-electron chi connectivity index (χ0n) is 14.4. The maximum atomic E-state index is 12.1. The van der Waals surface area contributed by atoms with Gasteiger partial charge in [-0.3, -0.25) is 9.89 Å². The van der Waals surface area contributed by atoms with E-state index >= 15 is 0 Å². The number of guanidine groups is 1. The van der Waals surface area contributed by atoms with Crippen LogP contribution in [0.5, 0.6) is 5.75 Å². The van der Waals surface area contributed by atoms with E-state index in [1.807, 2.05) is 0 Å². The molecule has 25 heavy (non-hydrogen) atoms. The van der Waals surface area contributed by atoms with Crippen molar-refractivity contribution in [3.8, 4) is 5.75 Å². The molecule has 140 valence electrons. The number of benzene rings is 1. The van der Waals surface area contributed by atoms with Crippen LogP contribution >= 0.6 is 0 Å². The molecular weight excluding hydrogens is 333 g/mol. The third-order valence-electron chi connectivity index (χ3n) is 4.25. The highest BCUT2D eigenvalue weighted by molar-refractivity contribution is 5.77. The molecule has 1 fully saturated rings. The molecule has 0 spiro atoms. The SMILES string of the molecule is CCN1CCCC1CN=C(N)NCCc1ccc(OC(F)(F)F)cc1. The smallest absolute Gasteiger partial charge is 0.406 e. The van der Waals surface area contributed by atoms with Gasteiger partial charge in [0.05, 0.1) is 6.54 Å². The maximum Gasteiger partial charge on any atom is 0.573 e. The Kier molecular flexibility index (Phi) is 6.92. The number of hydrogen-bond acceptors (Lipinski definition) is 3. The molecule has 1 aromatic carbocycles. The molecule has 0 bridgehead atoms. The topological polar surface area (TPSA) is 62.9 Å². The molecule has 8 heteroatoms. The van der Waals surface area contributed by atoms with Crippen molar-refractivity contribution < 1.29 is 17.9 Å². The third kappa shape index (κ3) is 6.81. The fourth-order valence-corrected chi connectivity index (χ4v) is 2.97. The second-order valence-corrected chi connectivity index (χ2v) is 6.02. The summed E-state index contributed by atoms with van der Waals surface area (Å²) in [5, 5.41) is 3.04. The summed E-state index contributed by atoms with van der Waals surface area (Å²) in [5.41, 5.74) is 6.76. The fourth-order valence-electron chi connectivity index (χ4n) is 2.97. The standard InChI is InChI=1S/C17H25F3N4O/c1-2-24-11-3-4-14(24)12-23-16(21)22-10-9-13-5-7-15(8-6-13)25-17(18,19)20/h5-8,14H,2-4,9-12H2,1H3,(H3,21,22,23). The van der Waals surface area contributed by atoms with Crippen LogP contribution in [-0.4, -0.2) is 49.4 Å². The van der Waals surface area contributed by atoms with Gasteiger partial charge in [-0.2, -0.15) is 0 Å². The zero-order chi connectivity index (χ0) is 18.3. The molecule has 1 heterocycles. The van der Waals surface area contributed by atoms with Gasteiger partial charge in [0.15, 0.2) is 5.96 Å². The van der Waals surface area contributed by atoms with Gasteiger partial charge in [-0.1, -0.05) is 19.1 Å². The summed E-state index contributed by atoms with van der Waals surface area (Å²) in [6, 6.07) is 6.28. The van der Waals surface area contributed by atoms with Gasteiger partial charge in [0.2, 0.25) is 0 Å². The van der Waals surface area contributed by atoms with Gasteiger partial charge in [-0.25, -0.2) is 0 Å². The average Bonchev–Trinajstić information content (AvgIpc) is 3.01. The summed E-state index contributed by atoms with van der Waals surface area (Å²) in [6.45, 7) is 5.56. The zero-order valence-corrected chi connectivity index (χ0v) is 14.4. The Morgan fingerprint density at radius 1 is 1.36 bits per heavy atom. The van der Waals surface area contributed by atoms with Crippen LogP contribution in [0.25, 0.3) is 0 Å². The first-order valence-corrected chi connectivity index (χ1v) is 8.50. The number of likely N-dealkylation sites (tertiary alicyclic amines) is 1. The molecule has 3 N–H and O–H groups in total. The Labute approximate surface area is 146 Å². The minimum absolute atomic E-state index is 0.220. The van der Waals surface area contributed by atoms with Crippen molar-refractivity contribution >= 4 is 5.96 Å². The summed E-state index contributed by atoms with van der Waals surface area (Å²) < 4.78 is 40.1. The number of alkyl halides is 3. The number of aliphatic imine (C=N–C) groups is 1. The minimum Gasteiger partial charge on any atom is -0.406 e. The molecule has 1 unspecified atom stereocenters. The summed E-state index contributed by atoms with van der Waals surface area (Å²) in [6.07, 6.45) is -1.68. The molecule has 1 aromatic rings. The first-order chi connectivity index (χ1) is 11.9. The lowest BCUT2D eigenvalue weighted by Gasteiger charge is -2.20. The normalized spacial score (nSPS) is 19.2. The van der Waals surface area contributed by atoms with Gasteiger partial charge in [0.1, 0.15) is 5.75 Å². The number of rotatable bonds is 7. The number of nitrogens with two attached hydrogens (primary N) is 1. The van der Waals surface area contributed by atoms with Gasteiger partial charge in [-0.15, -0.1) is 13.2 Å². The van der Waals surface area contributed by atoms with Crippen molar-refractivity contribution in [2.24, 2.45) is 10.7 Å². The Morgan fingerprint density at radius 3 is 2.72 bits per heavy atom. The van der Waals surface area contributed by atoms with Crippen LogP contribution in [0, 0.1) is 0 Å². The van der Waals surface area contributed by atoms with E-state index in [1.54, 1.807) is 12.1 Å². The van der Waals surface area contributed by atoms with E-state index in [1.165, 1.54) is 18.6 Å². The second-order valence-electron chi connectivity index (χ2n) is 6.02. The van der Waals surface area contributed by atoms with Crippen molar-refractivity contribution in [2.75, 3.05) is 26.2 Å². The molecule has 1 aliphatic rings. The number of ether oxygens (including phenoxy) is 1. The highest BCUT2D eigenvalue weighted by atomic mass is 19.4. The van der Waals surface area contributed by atoms with E-state index in [-0.39, 0.29) is 5.75 Å². The van der Waals surface area contributed by atoms with Crippen molar-refractivity contribution in [1.29, 1.82) is 0 Å². The van der Waals surface area contributed by atoms with E-state index in [9.17, 15) is 13.2 Å². The quantitative estimate of drug-likeness (QED) is 0.581. The number of hydrogen-bond donors (Lipinski definition) is 2. The number of likely N-dealkylation sites (N-methyl/N-ethyl adjacent to an activating group) is 1. The molecule has 1 atom stereocenters. The van der Waals surface area contributed by atoms with Crippen molar-refractivity contribution in [1.82, 2.24) is 10.2 Å². The summed E-state index contributed by atoms with van der Waals surface area (Å²) >= 11 is 0. The number of nitrogens with one attached hydrogen (secondary N) is 1. The Balaban J connectivity index is 1.71. The molecular formula is C17H25F3N4O. The van der Waals surface area contributed by atoms with Crippen molar-refractivity contribution in [2.45, 2.75) is 38.6 Å². The molecule has 0 saturated carbocycles. The molecule has 5 nitrogen and oxygen atoms in total. The summed E-state index contributed by atoms with van der Waals surface area (Å²) in [7, 11) is 0. The van der Waals surface area contributed by atoms with Gasteiger partial charge in [0.25, 0.3) is 0 Å². The Hall–Kier alpha value is -1.96. The molecule has 1 aliphatic heterocycles. The van der Waals surface area contributed by atoms with E-state index < -0.39 is 6.36 Å². The Morgan fingerprint density at radius 2 is 2.08 bits per heavy atom. The lowest BCUT2D eigenvalue weighted by molar-refractivity contribution is -0.274. The van der Waals surface area contributed by atoms with E-state index in [4.69, 9.17) is 5.73 Å². The van der Waals surface area contributed by atoms with E-state index in [0.717, 1.165) is 25.1 Å². The molecule has 0 radical (unpaired) electrons. The van der Waals surface area contributed by atoms with E-state index in [0.29, 0.717) is 31.5 Å². The van der Waals surface area contributed by atoms with Crippen LogP contribution in [0.2, 0.25) is 0 Å². The fraction of sp³-hybridized carbons (Fsp3) is 0.588. The molecule has 2 rings (SSSR count). The highest BCUT2D eigenvalue weighted by Gasteiger charge is 2.30. The van der Waals surface area contributed by atoms with E-state index in [2.05, 4.69) is 26.9 Å². The summed E-state index contributed by atoms with van der Waals surface area (Å²) in [4.78, 5) is 6.79. The van der Waals surface area contributed by atoms with Gasteiger partial charge in [0, 0.05) is 12.6 Å². The minimum atomic E-state index is -4.67. The Bertz CT molecular complexity index is 560. The maximum absolute atomic E-state index is 12.1. The van der Waals surface area contributed by atoms with Crippen LogP contribution in [-0.2, 0) is 6.42 Å². The molecule has 0 aromatic heterocycles. The molecule has 0 aliphatic carbocycles. The highest BCUT2D eigenvalue weighted by Crippen LogP contribution is 2.22. The summed E-state index contributed by atoms with van der Waals surface area (Å²) in [5.74, 6) is 0.183. The average molecular weight is 358 g/mol. The van der Waals surface area contributed by atoms with Crippen LogP contribution in [0.4, 0.5) is 13.2 Å². The van der Waals surface area contributed by atoms with Gasteiger partial charge in [-0.05, 0) is 50.0 Å². The number of nitrogens with zero attached hydrogens (tertiary/aromatic N) is 2. The van der Waals surface area contributed by atoms with Crippen LogP contribution in [0.15, 0.2) is 29.3 Å². The van der Waals surface area contributed by atoms with Crippen LogP contribution in [0.1, 0.15) is 25.3 Å².